The first kappa shape index (κ1) is 19.6. The van der Waals surface area contributed by atoms with E-state index in [9.17, 15) is 9.90 Å². The quantitative estimate of drug-likeness (QED) is 0.483. The van der Waals surface area contributed by atoms with Gasteiger partial charge >= 0.3 is 5.97 Å². The van der Waals surface area contributed by atoms with Crippen molar-refractivity contribution in [3.05, 3.63) is 78.6 Å². The van der Waals surface area contributed by atoms with Crippen LogP contribution in [0.5, 0.6) is 11.5 Å². The number of carbonyl (C=O) groups is 1. The Kier molecular flexibility index (Phi) is 6.40. The molecule has 0 fully saturated rings. The summed E-state index contributed by atoms with van der Waals surface area (Å²) in [7, 11) is 0. The Morgan fingerprint density at radius 2 is 1.82 bits per heavy atom. The van der Waals surface area contributed by atoms with Crippen LogP contribution in [0, 0.1) is 0 Å². The minimum atomic E-state index is -0.492. The maximum atomic E-state index is 11.1. The van der Waals surface area contributed by atoms with Gasteiger partial charge < -0.3 is 14.6 Å². The fourth-order valence-corrected chi connectivity index (χ4v) is 2.92. The molecule has 0 bridgehead atoms. The molecule has 3 rings (SSSR count). The molecule has 0 saturated heterocycles. The molecular weight excluding hydrogens is 354 g/mol. The number of nitrogens with zero attached hydrogens (tertiary/aromatic N) is 1. The summed E-state index contributed by atoms with van der Waals surface area (Å²) in [5.74, 6) is 0.869. The third-order valence-corrected chi connectivity index (χ3v) is 4.17. The highest BCUT2D eigenvalue weighted by Crippen LogP contribution is 2.29. The van der Waals surface area contributed by atoms with Crippen LogP contribution in [0.15, 0.2) is 73.1 Å². The molecule has 0 aliphatic rings. The van der Waals surface area contributed by atoms with Crippen LogP contribution in [0.3, 0.4) is 0 Å². The monoisotopic (exact) mass is 377 g/mol. The van der Waals surface area contributed by atoms with E-state index in [4.69, 9.17) is 9.47 Å². The molecular formula is C23H23NO4. The number of hydrogen-bond donors (Lipinski definition) is 1. The molecule has 2 atom stereocenters. The SMILES string of the molecule is CC(=O)Oc1cccc(-c2ccc(OC(CC(C)O)c3cccnc3)cc2)c1. The Bertz CT molecular complexity index is 907. The lowest BCUT2D eigenvalue weighted by molar-refractivity contribution is -0.131. The summed E-state index contributed by atoms with van der Waals surface area (Å²) in [5.41, 5.74) is 2.84. The van der Waals surface area contributed by atoms with Crippen molar-refractivity contribution in [1.29, 1.82) is 0 Å². The molecule has 28 heavy (non-hydrogen) atoms. The number of hydrogen-bond acceptors (Lipinski definition) is 5. The molecule has 1 N–H and O–H groups in total. The van der Waals surface area contributed by atoms with Gasteiger partial charge in [-0.3, -0.25) is 9.78 Å². The van der Waals surface area contributed by atoms with Gasteiger partial charge in [0.05, 0.1) is 6.10 Å². The number of aliphatic hydroxyl groups excluding tert-OH is 1. The Morgan fingerprint density at radius 3 is 2.46 bits per heavy atom. The van der Waals surface area contributed by atoms with E-state index in [2.05, 4.69) is 4.98 Å². The van der Waals surface area contributed by atoms with E-state index in [0.717, 1.165) is 16.7 Å². The number of carbonyl (C=O) groups excluding carboxylic acids is 1. The lowest BCUT2D eigenvalue weighted by Crippen LogP contribution is -2.14. The Labute approximate surface area is 164 Å². The van der Waals surface area contributed by atoms with Crippen molar-refractivity contribution >= 4 is 5.97 Å². The van der Waals surface area contributed by atoms with Crippen LogP contribution in [0.25, 0.3) is 11.1 Å². The van der Waals surface area contributed by atoms with Crippen molar-refractivity contribution in [2.75, 3.05) is 0 Å². The van der Waals surface area contributed by atoms with E-state index in [1.165, 1.54) is 6.92 Å². The van der Waals surface area contributed by atoms with Gasteiger partial charge in [0.15, 0.2) is 0 Å². The number of rotatable bonds is 7. The van der Waals surface area contributed by atoms with Gasteiger partial charge in [-0.1, -0.05) is 30.3 Å². The van der Waals surface area contributed by atoms with Gasteiger partial charge in [-0.15, -0.1) is 0 Å². The third kappa shape index (κ3) is 5.41. The lowest BCUT2D eigenvalue weighted by Gasteiger charge is -2.21. The van der Waals surface area contributed by atoms with Gasteiger partial charge in [-0.05, 0) is 48.4 Å². The molecule has 0 saturated carbocycles. The van der Waals surface area contributed by atoms with Crippen LogP contribution in [-0.4, -0.2) is 22.2 Å². The summed E-state index contributed by atoms with van der Waals surface area (Å²) in [4.78, 5) is 15.3. The second kappa shape index (κ2) is 9.15. The fourth-order valence-electron chi connectivity index (χ4n) is 2.92. The second-order valence-electron chi connectivity index (χ2n) is 6.62. The maximum absolute atomic E-state index is 11.1. The molecule has 0 radical (unpaired) electrons. The Hall–Kier alpha value is -3.18. The molecule has 0 amide bonds. The topological polar surface area (TPSA) is 68.7 Å². The zero-order chi connectivity index (χ0) is 19.9. The summed E-state index contributed by atoms with van der Waals surface area (Å²) in [6.07, 6.45) is 3.15. The predicted molar refractivity (Wildman–Crippen MR) is 107 cm³/mol. The van der Waals surface area contributed by atoms with Crippen LogP contribution >= 0.6 is 0 Å². The molecule has 1 heterocycles. The van der Waals surface area contributed by atoms with E-state index < -0.39 is 6.10 Å². The van der Waals surface area contributed by atoms with Gasteiger partial charge in [0.2, 0.25) is 0 Å². The van der Waals surface area contributed by atoms with Crippen molar-refractivity contribution in [3.63, 3.8) is 0 Å². The Morgan fingerprint density at radius 1 is 1.04 bits per heavy atom. The normalized spacial score (nSPS) is 12.8. The van der Waals surface area contributed by atoms with E-state index in [1.54, 1.807) is 25.4 Å². The standard InChI is InChI=1S/C23H23NO4/c1-16(25)13-23(20-6-4-12-24-15-20)28-21-10-8-18(9-11-21)19-5-3-7-22(14-19)27-17(2)26/h3-12,14-16,23,25H,13H2,1-2H3. The number of aromatic nitrogens is 1. The first-order valence-corrected chi connectivity index (χ1v) is 9.15. The average molecular weight is 377 g/mol. The molecule has 0 spiro atoms. The average Bonchev–Trinajstić information content (AvgIpc) is 2.68. The molecule has 0 aliphatic carbocycles. The van der Waals surface area contributed by atoms with Crippen LogP contribution in [0.2, 0.25) is 0 Å². The fraction of sp³-hybridized carbons (Fsp3) is 0.217. The lowest BCUT2D eigenvalue weighted by atomic mass is 10.0. The largest absolute Gasteiger partial charge is 0.486 e. The summed E-state index contributed by atoms with van der Waals surface area (Å²) >= 11 is 0. The van der Waals surface area contributed by atoms with Crippen molar-refractivity contribution < 1.29 is 19.4 Å². The Balaban J connectivity index is 1.77. The highest BCUT2D eigenvalue weighted by Gasteiger charge is 2.16. The molecule has 5 heteroatoms. The van der Waals surface area contributed by atoms with Crippen LogP contribution in [0.1, 0.15) is 31.9 Å². The first-order chi connectivity index (χ1) is 13.5. The highest BCUT2D eigenvalue weighted by atomic mass is 16.5. The zero-order valence-electron chi connectivity index (χ0n) is 15.9. The summed E-state index contributed by atoms with van der Waals surface area (Å²) < 4.78 is 11.3. The first-order valence-electron chi connectivity index (χ1n) is 9.15. The van der Waals surface area contributed by atoms with Crippen LogP contribution < -0.4 is 9.47 Å². The van der Waals surface area contributed by atoms with E-state index in [0.29, 0.717) is 17.9 Å². The van der Waals surface area contributed by atoms with Gasteiger partial charge in [0.1, 0.15) is 17.6 Å². The molecule has 144 valence electrons. The van der Waals surface area contributed by atoms with E-state index >= 15 is 0 Å². The smallest absolute Gasteiger partial charge is 0.308 e. The van der Waals surface area contributed by atoms with Crippen LogP contribution in [0.4, 0.5) is 0 Å². The van der Waals surface area contributed by atoms with Crippen molar-refractivity contribution in [2.24, 2.45) is 0 Å². The predicted octanol–water partition coefficient (Wildman–Crippen LogP) is 4.56. The van der Waals surface area contributed by atoms with Crippen molar-refractivity contribution in [2.45, 2.75) is 32.5 Å². The summed E-state index contributed by atoms with van der Waals surface area (Å²) in [5, 5.41) is 9.81. The number of pyridine rings is 1. The highest BCUT2D eigenvalue weighted by molar-refractivity contribution is 5.71. The van der Waals surface area contributed by atoms with Gasteiger partial charge in [0.25, 0.3) is 0 Å². The zero-order valence-corrected chi connectivity index (χ0v) is 15.9. The number of aliphatic hydroxyl groups is 1. The van der Waals surface area contributed by atoms with Crippen molar-refractivity contribution in [3.8, 4) is 22.6 Å². The molecule has 2 unspecified atom stereocenters. The number of ether oxygens (including phenoxy) is 2. The van der Waals surface area contributed by atoms with Gasteiger partial charge in [-0.25, -0.2) is 0 Å². The second-order valence-corrected chi connectivity index (χ2v) is 6.62. The third-order valence-electron chi connectivity index (χ3n) is 4.17. The van der Waals surface area contributed by atoms with Crippen molar-refractivity contribution in [1.82, 2.24) is 4.98 Å². The van der Waals surface area contributed by atoms with Crippen LogP contribution in [-0.2, 0) is 4.79 Å². The minimum absolute atomic E-state index is 0.285. The molecule has 5 nitrogen and oxygen atoms in total. The minimum Gasteiger partial charge on any atom is -0.486 e. The van der Waals surface area contributed by atoms with Gasteiger partial charge in [-0.2, -0.15) is 0 Å². The summed E-state index contributed by atoms with van der Waals surface area (Å²) in [6, 6.07) is 18.8. The molecule has 0 aliphatic heterocycles. The maximum Gasteiger partial charge on any atom is 0.308 e. The van der Waals surface area contributed by atoms with E-state index in [1.807, 2.05) is 54.6 Å². The number of esters is 1. The molecule has 3 aromatic rings. The molecule has 1 aromatic heterocycles. The molecule has 2 aromatic carbocycles. The van der Waals surface area contributed by atoms with E-state index in [-0.39, 0.29) is 12.1 Å². The van der Waals surface area contributed by atoms with Gasteiger partial charge in [0, 0.05) is 31.3 Å². The summed E-state index contributed by atoms with van der Waals surface area (Å²) in [6.45, 7) is 3.12. The number of benzene rings is 2.